The van der Waals surface area contributed by atoms with Crippen LogP contribution < -0.4 is 15.4 Å². The fourth-order valence-corrected chi connectivity index (χ4v) is 4.22. The molecule has 2 N–H and O–H groups in total. The number of hydrogen-bond donors (Lipinski definition) is 1. The molecule has 1 aromatic rings. The summed E-state index contributed by atoms with van der Waals surface area (Å²) in [6, 6.07) is -0.337. The van der Waals surface area contributed by atoms with Crippen LogP contribution in [-0.4, -0.2) is 102 Å². The molecule has 0 saturated carbocycles. The monoisotopic (exact) mass is 496 g/mol. The maximum Gasteiger partial charge on any atom is 0.410 e. The van der Waals surface area contributed by atoms with E-state index in [0.29, 0.717) is 38.4 Å². The van der Waals surface area contributed by atoms with E-state index in [-0.39, 0.29) is 48.8 Å². The molecular formula is C23H37FN6O5. The number of halogens is 1. The first-order chi connectivity index (χ1) is 16.4. The molecule has 2 aliphatic heterocycles. The van der Waals surface area contributed by atoms with Gasteiger partial charge in [-0.15, -0.1) is 0 Å². The van der Waals surface area contributed by atoms with Crippen molar-refractivity contribution >= 4 is 23.6 Å². The molecule has 3 atom stereocenters. The SMILES string of the molecule is CCOC(=O)c1nc(OC[C@@H]2C[C@@H](F)CN2C)nc(N2CCN(C(=O)OC(C)(C)C)C[C@@H]2C)c1N. The van der Waals surface area contributed by atoms with E-state index in [4.69, 9.17) is 19.9 Å². The van der Waals surface area contributed by atoms with Crippen LogP contribution >= 0.6 is 0 Å². The van der Waals surface area contributed by atoms with Crippen molar-refractivity contribution in [1.29, 1.82) is 0 Å². The summed E-state index contributed by atoms with van der Waals surface area (Å²) in [5, 5.41) is 0. The number of likely N-dealkylation sites (N-methyl/N-ethyl adjacent to an activating group) is 1. The third-order valence-electron chi connectivity index (χ3n) is 5.97. The van der Waals surface area contributed by atoms with Gasteiger partial charge in [-0.25, -0.2) is 14.0 Å². The number of alkyl halides is 1. The summed E-state index contributed by atoms with van der Waals surface area (Å²) >= 11 is 0. The Morgan fingerprint density at radius 2 is 1.91 bits per heavy atom. The normalized spacial score (nSPS) is 23.3. The van der Waals surface area contributed by atoms with Gasteiger partial charge in [-0.1, -0.05) is 0 Å². The first-order valence-electron chi connectivity index (χ1n) is 12.0. The highest BCUT2D eigenvalue weighted by atomic mass is 19.1. The molecule has 2 fully saturated rings. The molecule has 0 spiro atoms. The Kier molecular flexibility index (Phi) is 8.24. The second kappa shape index (κ2) is 10.8. The number of anilines is 2. The number of piperazine rings is 1. The number of amides is 1. The standard InChI is InChI=1S/C23H37FN6O5/c1-7-33-20(31)18-17(25)19(27-21(26-18)34-13-16-10-15(24)12-28(16)6)30-9-8-29(11-14(30)2)22(32)35-23(3,4)5/h14-16H,7-13,25H2,1-6H3/t14-,15+,16-/m0/s1. The molecule has 0 unspecified atom stereocenters. The smallest absolute Gasteiger partial charge is 0.410 e. The Bertz CT molecular complexity index is 926. The van der Waals surface area contributed by atoms with Crippen LogP contribution in [0.2, 0.25) is 0 Å². The minimum absolute atomic E-state index is 0.0327. The molecule has 11 nitrogen and oxygen atoms in total. The van der Waals surface area contributed by atoms with Gasteiger partial charge in [0.15, 0.2) is 11.5 Å². The molecule has 0 radical (unpaired) electrons. The van der Waals surface area contributed by atoms with E-state index in [2.05, 4.69) is 9.97 Å². The first kappa shape index (κ1) is 26.7. The lowest BCUT2D eigenvalue weighted by molar-refractivity contribution is 0.0218. The van der Waals surface area contributed by atoms with Crippen molar-refractivity contribution < 1.29 is 28.2 Å². The molecule has 35 heavy (non-hydrogen) atoms. The van der Waals surface area contributed by atoms with E-state index in [9.17, 15) is 14.0 Å². The van der Waals surface area contributed by atoms with Crippen LogP contribution in [0.5, 0.6) is 6.01 Å². The second-order valence-electron chi connectivity index (χ2n) is 10.0. The number of carbonyl (C=O) groups excluding carboxylic acids is 2. The third kappa shape index (κ3) is 6.62. The number of nitrogens with zero attached hydrogens (tertiary/aromatic N) is 5. The van der Waals surface area contributed by atoms with E-state index < -0.39 is 17.7 Å². The zero-order chi connectivity index (χ0) is 25.9. The van der Waals surface area contributed by atoms with Crippen molar-refractivity contribution in [2.75, 3.05) is 57.1 Å². The number of rotatable bonds is 6. The Morgan fingerprint density at radius 1 is 1.20 bits per heavy atom. The Morgan fingerprint density at radius 3 is 2.49 bits per heavy atom. The van der Waals surface area contributed by atoms with Crippen LogP contribution in [0.25, 0.3) is 0 Å². The lowest BCUT2D eigenvalue weighted by Gasteiger charge is -2.41. The summed E-state index contributed by atoms with van der Waals surface area (Å²) in [5.74, 6) is -0.349. The van der Waals surface area contributed by atoms with E-state index in [1.54, 1.807) is 11.8 Å². The Hall–Kier alpha value is -2.89. The molecule has 12 heteroatoms. The van der Waals surface area contributed by atoms with Crippen molar-refractivity contribution in [3.63, 3.8) is 0 Å². The summed E-state index contributed by atoms with van der Waals surface area (Å²) in [6.07, 6.45) is -0.941. The maximum absolute atomic E-state index is 13.7. The molecule has 1 aromatic heterocycles. The molecule has 2 aliphatic rings. The lowest BCUT2D eigenvalue weighted by Crippen LogP contribution is -2.55. The molecule has 0 aliphatic carbocycles. The zero-order valence-corrected chi connectivity index (χ0v) is 21.4. The number of nitrogen functional groups attached to an aromatic ring is 1. The van der Waals surface area contributed by atoms with Gasteiger partial charge in [0.1, 0.15) is 24.1 Å². The quantitative estimate of drug-likeness (QED) is 0.586. The van der Waals surface area contributed by atoms with Gasteiger partial charge in [0.25, 0.3) is 0 Å². The van der Waals surface area contributed by atoms with Gasteiger partial charge in [0, 0.05) is 38.3 Å². The van der Waals surface area contributed by atoms with Crippen molar-refractivity contribution in [2.24, 2.45) is 0 Å². The number of nitrogens with two attached hydrogens (primary N) is 1. The van der Waals surface area contributed by atoms with Crippen molar-refractivity contribution in [2.45, 2.75) is 64.9 Å². The predicted octanol–water partition coefficient (Wildman–Crippen LogP) is 2.10. The van der Waals surface area contributed by atoms with Crippen LogP contribution in [0, 0.1) is 0 Å². The summed E-state index contributed by atoms with van der Waals surface area (Å²) in [7, 11) is 1.83. The van der Waals surface area contributed by atoms with E-state index in [0.717, 1.165) is 0 Å². The number of ether oxygens (including phenoxy) is 3. The topological polar surface area (TPSA) is 123 Å². The van der Waals surface area contributed by atoms with Gasteiger partial charge >= 0.3 is 18.1 Å². The number of likely N-dealkylation sites (tertiary alicyclic amines) is 1. The zero-order valence-electron chi connectivity index (χ0n) is 21.4. The van der Waals surface area contributed by atoms with Gasteiger partial charge in [0.2, 0.25) is 0 Å². The Labute approximate surface area is 205 Å². The fraction of sp³-hybridized carbons (Fsp3) is 0.739. The minimum atomic E-state index is -0.909. The fourth-order valence-electron chi connectivity index (χ4n) is 4.22. The van der Waals surface area contributed by atoms with Gasteiger partial charge in [0.05, 0.1) is 6.61 Å². The van der Waals surface area contributed by atoms with Crippen LogP contribution in [-0.2, 0) is 9.47 Å². The largest absolute Gasteiger partial charge is 0.462 e. The number of hydrogen-bond acceptors (Lipinski definition) is 10. The van der Waals surface area contributed by atoms with Crippen molar-refractivity contribution in [3.8, 4) is 6.01 Å². The molecule has 2 saturated heterocycles. The van der Waals surface area contributed by atoms with Gasteiger partial charge in [-0.2, -0.15) is 9.97 Å². The summed E-state index contributed by atoms with van der Waals surface area (Å²) < 4.78 is 30.2. The average Bonchev–Trinajstić information content (AvgIpc) is 3.09. The van der Waals surface area contributed by atoms with Gasteiger partial charge in [-0.05, 0) is 48.1 Å². The van der Waals surface area contributed by atoms with Crippen LogP contribution in [0.4, 0.5) is 20.7 Å². The van der Waals surface area contributed by atoms with E-state index in [1.807, 2.05) is 44.5 Å². The summed E-state index contributed by atoms with van der Waals surface area (Å²) in [6.45, 7) is 10.9. The summed E-state index contributed by atoms with van der Waals surface area (Å²) in [4.78, 5) is 39.2. The number of esters is 1. The lowest BCUT2D eigenvalue weighted by atomic mass is 10.1. The Balaban J connectivity index is 1.82. The maximum atomic E-state index is 13.7. The highest BCUT2D eigenvalue weighted by Gasteiger charge is 2.34. The first-order valence-corrected chi connectivity index (χ1v) is 12.0. The number of carbonyl (C=O) groups is 2. The molecule has 0 aromatic carbocycles. The average molecular weight is 497 g/mol. The van der Waals surface area contributed by atoms with Crippen LogP contribution in [0.1, 0.15) is 51.5 Å². The van der Waals surface area contributed by atoms with Gasteiger partial charge in [-0.3, -0.25) is 4.90 Å². The molecule has 3 rings (SSSR count). The van der Waals surface area contributed by atoms with Crippen LogP contribution in [0.15, 0.2) is 0 Å². The molecule has 196 valence electrons. The van der Waals surface area contributed by atoms with E-state index >= 15 is 0 Å². The van der Waals surface area contributed by atoms with Crippen molar-refractivity contribution in [1.82, 2.24) is 19.8 Å². The number of aromatic nitrogens is 2. The third-order valence-corrected chi connectivity index (χ3v) is 5.97. The highest BCUT2D eigenvalue weighted by Crippen LogP contribution is 2.30. The predicted molar refractivity (Wildman–Crippen MR) is 128 cm³/mol. The highest BCUT2D eigenvalue weighted by molar-refractivity contribution is 5.96. The molecule has 3 heterocycles. The summed E-state index contributed by atoms with van der Waals surface area (Å²) in [5.41, 5.74) is 5.73. The molecule has 0 bridgehead atoms. The molecule has 1 amide bonds. The van der Waals surface area contributed by atoms with Crippen molar-refractivity contribution in [3.05, 3.63) is 5.69 Å². The van der Waals surface area contributed by atoms with E-state index in [1.165, 1.54) is 0 Å². The molecular weight excluding hydrogens is 459 g/mol. The minimum Gasteiger partial charge on any atom is -0.462 e. The van der Waals surface area contributed by atoms with Gasteiger partial charge < -0.3 is 29.7 Å². The van der Waals surface area contributed by atoms with Crippen LogP contribution in [0.3, 0.4) is 0 Å². The second-order valence-corrected chi connectivity index (χ2v) is 10.0.